The predicted molar refractivity (Wildman–Crippen MR) is 479 cm³/mol. The summed E-state index contributed by atoms with van der Waals surface area (Å²) in [6.45, 7) is 11.7. The molecule has 20 rings (SSSR count). The summed E-state index contributed by atoms with van der Waals surface area (Å²) in [7, 11) is 0. The van der Waals surface area contributed by atoms with Crippen molar-refractivity contribution in [1.29, 1.82) is 21.0 Å². The first-order valence-corrected chi connectivity index (χ1v) is 44.6. The van der Waals surface area contributed by atoms with Crippen molar-refractivity contribution in [3.05, 3.63) is 309 Å². The van der Waals surface area contributed by atoms with Crippen LogP contribution in [-0.2, 0) is 44.9 Å². The lowest BCUT2D eigenvalue weighted by molar-refractivity contribution is -0.123. The van der Waals surface area contributed by atoms with Gasteiger partial charge in [-0.15, -0.1) is 0 Å². The molecule has 8 aromatic heterocycles. The van der Waals surface area contributed by atoms with Crippen molar-refractivity contribution >= 4 is 66.7 Å². The van der Waals surface area contributed by atoms with Gasteiger partial charge < -0.3 is 0 Å². The number of nitrogens with zero attached hydrogens (tertiary/aromatic N) is 14. The van der Waals surface area contributed by atoms with E-state index < -0.39 is 0 Å². The Balaban J connectivity index is 0.000000120. The number of rotatable bonds is 20. The highest BCUT2D eigenvalue weighted by Crippen LogP contribution is 2.55. The molecule has 0 spiro atoms. The average molecular weight is 1710 g/mol. The summed E-state index contributed by atoms with van der Waals surface area (Å²) < 4.78 is 55.4. The van der Waals surface area contributed by atoms with Gasteiger partial charge in [-0.25, -0.2) is 27.5 Å². The maximum Gasteiger partial charge on any atom is 0.155 e. The van der Waals surface area contributed by atoms with Crippen LogP contribution in [0.3, 0.4) is 0 Å². The van der Waals surface area contributed by atoms with Crippen molar-refractivity contribution in [2.45, 2.75) is 153 Å². The van der Waals surface area contributed by atoms with Gasteiger partial charge in [-0.2, -0.15) is 21.0 Å². The van der Waals surface area contributed by atoms with E-state index in [1.54, 1.807) is 109 Å². The number of hydrogen-bond donors (Lipinski definition) is 0. The Morgan fingerprint density at radius 3 is 0.984 bits per heavy atom. The normalized spacial score (nSPS) is 23.3. The fourth-order valence-electron chi connectivity index (χ4n) is 22.0. The van der Waals surface area contributed by atoms with Gasteiger partial charge in [-0.3, -0.25) is 58.9 Å². The SMILES string of the molecule is CC(C(=O)Cc1ccc(C#N)cn1)C1=C[C@H]2CC(c3ccnc4ccc(F)cc34)C[C@H]2C1.CC(C(=O)Cc1ccc(C#N)cn1)N1C[C@H]2CC(c3ccnc4ccc(F)cc34)C[C@H]2C1.CC(C(=O)Cc1ccc(C#N)nc1)C1=C[C@H]2CC(c3ccnc4ccc(F)cc34)C[C@H]2C1.CC(C(=O)Cc1ccc(C#N)nc1)N1C[C@H]2CC(c3ccnc4ccc(F)cc34)C[C@H]2C1. The summed E-state index contributed by atoms with van der Waals surface area (Å²) in [5.74, 6) is 5.44. The monoisotopic (exact) mass is 1710 g/mol. The molecule has 2 aliphatic heterocycles. The number of hydrogen-bond acceptors (Lipinski definition) is 18. The molecule has 644 valence electrons. The van der Waals surface area contributed by atoms with Crippen LogP contribution in [0.1, 0.15) is 183 Å². The van der Waals surface area contributed by atoms with Crippen LogP contribution in [0.15, 0.2) is 218 Å². The van der Waals surface area contributed by atoms with Crippen LogP contribution in [0.5, 0.6) is 0 Å². The van der Waals surface area contributed by atoms with Gasteiger partial charge in [0.15, 0.2) is 11.6 Å². The van der Waals surface area contributed by atoms with Gasteiger partial charge in [0.25, 0.3) is 0 Å². The number of halogens is 4. The maximum absolute atomic E-state index is 13.9. The molecule has 6 fully saturated rings. The zero-order chi connectivity index (χ0) is 89.0. The quantitative estimate of drug-likeness (QED) is 0.0506. The third-order valence-corrected chi connectivity index (χ3v) is 29.0. The molecule has 128 heavy (non-hydrogen) atoms. The molecule has 2 saturated heterocycles. The number of aromatic nitrogens is 8. The molecule has 8 aliphatic rings. The molecule has 16 atom stereocenters. The maximum atomic E-state index is 13.9. The van der Waals surface area contributed by atoms with Crippen molar-refractivity contribution in [1.82, 2.24) is 49.7 Å². The molecular weight excluding hydrogens is 1610 g/mol. The molecule has 6 aliphatic carbocycles. The summed E-state index contributed by atoms with van der Waals surface area (Å²) in [4.78, 5) is 90.2. The van der Waals surface area contributed by atoms with Gasteiger partial charge in [0, 0.05) is 140 Å². The highest BCUT2D eigenvalue weighted by atomic mass is 19.1. The van der Waals surface area contributed by atoms with E-state index >= 15 is 0 Å². The van der Waals surface area contributed by atoms with Crippen molar-refractivity contribution in [3.8, 4) is 24.3 Å². The Morgan fingerprint density at radius 1 is 0.352 bits per heavy atom. The van der Waals surface area contributed by atoms with Gasteiger partial charge in [0.2, 0.25) is 0 Å². The highest BCUT2D eigenvalue weighted by molar-refractivity contribution is 5.89. The molecule has 0 radical (unpaired) electrons. The number of likely N-dealkylation sites (tertiary alicyclic amines) is 2. The first-order valence-electron chi connectivity index (χ1n) is 44.6. The van der Waals surface area contributed by atoms with Gasteiger partial charge in [-0.1, -0.05) is 49.3 Å². The number of pyridine rings is 8. The smallest absolute Gasteiger partial charge is 0.155 e. The van der Waals surface area contributed by atoms with Crippen molar-refractivity contribution in [2.75, 3.05) is 26.2 Å². The Kier molecular flexibility index (Phi) is 26.0. The summed E-state index contributed by atoms with van der Waals surface area (Å²) >= 11 is 0. The lowest BCUT2D eigenvalue weighted by atomic mass is 9.88. The lowest BCUT2D eigenvalue weighted by Crippen LogP contribution is -2.39. The molecule has 18 nitrogen and oxygen atoms in total. The Morgan fingerprint density at radius 2 is 0.672 bits per heavy atom. The number of Topliss-reactive ketones (excluding diaryl/α,β-unsaturated/α-hetero) is 4. The Labute approximate surface area is 742 Å². The van der Waals surface area contributed by atoms with E-state index in [0.29, 0.717) is 118 Å². The number of benzene rings is 4. The van der Waals surface area contributed by atoms with E-state index in [9.17, 15) is 36.7 Å². The minimum absolute atomic E-state index is 0.106. The highest BCUT2D eigenvalue weighted by Gasteiger charge is 2.47. The summed E-state index contributed by atoms with van der Waals surface area (Å²) in [6.07, 6.45) is 29.8. The predicted octanol–water partition coefficient (Wildman–Crippen LogP) is 19.6. The third kappa shape index (κ3) is 19.3. The van der Waals surface area contributed by atoms with Crippen LogP contribution in [0.4, 0.5) is 17.6 Å². The van der Waals surface area contributed by atoms with E-state index in [2.05, 4.69) is 61.8 Å². The largest absolute Gasteiger partial charge is 0.299 e. The second-order valence-electron chi connectivity index (χ2n) is 36.6. The Bertz CT molecular complexity index is 6060. The molecule has 4 aromatic carbocycles. The standard InChI is InChI=1S/2C27H24FN3O.2C26H25FN4O/c1-16(27(32)13-23-4-2-17(14-29)15-31-23)18-8-19-10-21(11-20(19)9-18)24-6-7-30-26-5-3-22(28)12-25(24)26;1-16(27(32)8-17-2-4-23(14-29)31-15-17)18-9-19-11-21(12-20(19)10-18)24-6-7-30-26-5-3-22(28)13-25(24)26;1-16(26(32)11-22-4-2-17(12-28)13-30-22)31-14-19-8-18(9-20(19)15-31)23-6-7-29-25-5-3-21(27)10-24(23)25;1-16(26(32)8-17-2-4-22(12-28)30-13-17)31-14-19-9-18(10-20(19)15-31)23-6-7-29-25-5-3-21(27)11-24(23)25/h2-8,12,15-16,19-21H,9-11,13H2,1H3;2-7,9,13,15-16,19-21H,8,10-12H2,1H3;2-7,10,13,16,18-20H,8-9,11,14-15H2,1H3;2-7,11,13,16,18-20H,8-10,14-15H2,1H3/t2*16?,19-,20+,21?;2*16?,18?,19-,20+/m00../s1. The number of nitriles is 4. The van der Waals surface area contributed by atoms with Gasteiger partial charge in [0.1, 0.15) is 70.5 Å². The fourth-order valence-corrected chi connectivity index (χ4v) is 22.0. The number of carbonyl (C=O) groups excluding carboxylic acids is 4. The molecule has 0 amide bonds. The van der Waals surface area contributed by atoms with Gasteiger partial charge >= 0.3 is 0 Å². The third-order valence-electron chi connectivity index (χ3n) is 29.0. The van der Waals surface area contributed by atoms with E-state index in [-0.39, 0.29) is 83.2 Å². The first-order chi connectivity index (χ1) is 62.0. The minimum Gasteiger partial charge on any atom is -0.299 e. The minimum atomic E-state index is -0.226. The van der Waals surface area contributed by atoms with Crippen LogP contribution >= 0.6 is 0 Å². The average Bonchev–Trinajstić information content (AvgIpc) is 1.56. The van der Waals surface area contributed by atoms with Crippen LogP contribution < -0.4 is 0 Å². The topological polar surface area (TPSA) is 273 Å². The molecule has 12 aromatic rings. The zero-order valence-corrected chi connectivity index (χ0v) is 72.0. The fraction of sp³-hybridized carbons (Fsp3) is 0.358. The number of allylic oxidation sites excluding steroid dienone is 4. The molecule has 8 unspecified atom stereocenters. The number of carbonyl (C=O) groups is 4. The van der Waals surface area contributed by atoms with E-state index in [1.807, 2.05) is 101 Å². The van der Waals surface area contributed by atoms with Crippen LogP contribution in [-0.4, -0.2) is 111 Å². The van der Waals surface area contributed by atoms with E-state index in [1.165, 1.54) is 70.1 Å². The summed E-state index contributed by atoms with van der Waals surface area (Å²) in [5.41, 5.74) is 15.5. The number of ketones is 4. The summed E-state index contributed by atoms with van der Waals surface area (Å²) in [5, 5.41) is 39.2. The lowest BCUT2D eigenvalue weighted by Gasteiger charge is -2.25. The van der Waals surface area contributed by atoms with Gasteiger partial charge in [0.05, 0.1) is 51.7 Å². The van der Waals surface area contributed by atoms with Crippen LogP contribution in [0, 0.1) is 128 Å². The first kappa shape index (κ1) is 87.0. The molecule has 0 N–H and O–H groups in total. The molecule has 4 saturated carbocycles. The van der Waals surface area contributed by atoms with Gasteiger partial charge in [-0.05, 0) is 316 Å². The zero-order valence-electron chi connectivity index (χ0n) is 72.0. The van der Waals surface area contributed by atoms with Crippen molar-refractivity contribution in [3.63, 3.8) is 0 Å². The second kappa shape index (κ2) is 38.2. The molecule has 10 heterocycles. The second-order valence-corrected chi connectivity index (χ2v) is 36.6. The van der Waals surface area contributed by atoms with E-state index in [4.69, 9.17) is 21.0 Å². The van der Waals surface area contributed by atoms with Crippen LogP contribution in [0.2, 0.25) is 0 Å². The van der Waals surface area contributed by atoms with E-state index in [0.717, 1.165) is 145 Å². The molecular formula is C106H98F4N14O4. The Hall–Kier alpha value is -13.1. The summed E-state index contributed by atoms with van der Waals surface area (Å²) in [6, 6.07) is 49.1. The van der Waals surface area contributed by atoms with Crippen molar-refractivity contribution < 1.29 is 36.7 Å². The molecule has 0 bridgehead atoms. The number of fused-ring (bicyclic) bond motifs is 8. The van der Waals surface area contributed by atoms with Crippen LogP contribution in [0.25, 0.3) is 43.6 Å². The molecule has 22 heteroatoms. The van der Waals surface area contributed by atoms with Crippen molar-refractivity contribution in [2.24, 2.45) is 59.2 Å².